The topological polar surface area (TPSA) is 58.6 Å². The molecular weight excluding hydrogens is 480 g/mol. The van der Waals surface area contributed by atoms with Gasteiger partial charge >= 0.3 is 0 Å². The summed E-state index contributed by atoms with van der Waals surface area (Å²) in [5, 5.41) is 3.45. The highest BCUT2D eigenvalue weighted by Crippen LogP contribution is 2.23. The molecule has 5 nitrogen and oxygen atoms in total. The molecule has 3 rings (SSSR count). The van der Waals surface area contributed by atoms with Gasteiger partial charge in [-0.1, -0.05) is 54.1 Å². The van der Waals surface area contributed by atoms with Crippen LogP contribution in [0.25, 0.3) is 0 Å². The van der Waals surface area contributed by atoms with Gasteiger partial charge < -0.3 is 15.0 Å². The van der Waals surface area contributed by atoms with E-state index in [1.165, 1.54) is 0 Å². The fourth-order valence-electron chi connectivity index (χ4n) is 3.78. The first-order chi connectivity index (χ1) is 17.0. The van der Waals surface area contributed by atoms with Crippen molar-refractivity contribution in [3.63, 3.8) is 0 Å². The molecule has 184 valence electrons. The number of benzene rings is 3. The zero-order chi connectivity index (χ0) is 25.0. The van der Waals surface area contributed by atoms with E-state index in [9.17, 15) is 9.59 Å². The van der Waals surface area contributed by atoms with Crippen LogP contribution in [0.15, 0.2) is 83.8 Å². The molecule has 0 aliphatic carbocycles. The summed E-state index contributed by atoms with van der Waals surface area (Å²) in [5.41, 5.74) is 1.91. The SMILES string of the molecule is CNC(=O)[C@H](Cc1ccccc1)N(Cc1cccc(OC)c1)C(=O)CCCSc1ccc(Cl)cc1. The van der Waals surface area contributed by atoms with Crippen LogP contribution >= 0.6 is 23.4 Å². The maximum atomic E-state index is 13.5. The van der Waals surface area contributed by atoms with Crippen molar-refractivity contribution in [2.45, 2.75) is 36.7 Å². The van der Waals surface area contributed by atoms with Gasteiger partial charge in [0.25, 0.3) is 0 Å². The number of amides is 2. The standard InChI is InChI=1S/C28H31ClN2O3S/c1-30-28(33)26(19-21-8-4-3-5-9-21)31(20-22-10-6-11-24(18-22)34-2)27(32)12-7-17-35-25-15-13-23(29)14-16-25/h3-6,8-11,13-16,18,26H,7,12,17,19-20H2,1-2H3,(H,30,33)/t26-/m0/s1. The minimum Gasteiger partial charge on any atom is -0.497 e. The Kier molecular flexibility index (Phi) is 10.5. The lowest BCUT2D eigenvalue weighted by Crippen LogP contribution is -2.49. The molecule has 0 spiro atoms. The molecule has 0 fully saturated rings. The Morgan fingerprint density at radius 3 is 2.40 bits per heavy atom. The van der Waals surface area contributed by atoms with Gasteiger partial charge in [-0.25, -0.2) is 0 Å². The second-order valence-corrected chi connectivity index (χ2v) is 9.70. The number of nitrogens with one attached hydrogen (secondary N) is 1. The zero-order valence-electron chi connectivity index (χ0n) is 20.1. The molecule has 0 radical (unpaired) electrons. The molecule has 0 heterocycles. The van der Waals surface area contributed by atoms with Crippen LogP contribution in [-0.4, -0.2) is 42.7 Å². The maximum Gasteiger partial charge on any atom is 0.242 e. The van der Waals surface area contributed by atoms with Crippen molar-refractivity contribution in [3.8, 4) is 5.75 Å². The second kappa shape index (κ2) is 13.8. The Morgan fingerprint density at radius 1 is 1.00 bits per heavy atom. The summed E-state index contributed by atoms with van der Waals surface area (Å²) in [6, 6.07) is 24.5. The number of likely N-dealkylation sites (N-methyl/N-ethyl adjacent to an activating group) is 1. The van der Waals surface area contributed by atoms with Gasteiger partial charge in [-0.05, 0) is 59.7 Å². The maximum absolute atomic E-state index is 13.5. The molecule has 0 aliphatic rings. The lowest BCUT2D eigenvalue weighted by atomic mass is 10.0. The van der Waals surface area contributed by atoms with Crippen molar-refractivity contribution >= 4 is 35.2 Å². The van der Waals surface area contributed by atoms with E-state index >= 15 is 0 Å². The molecule has 1 N–H and O–H groups in total. The van der Waals surface area contributed by atoms with Gasteiger partial charge in [-0.15, -0.1) is 11.8 Å². The van der Waals surface area contributed by atoms with Gasteiger partial charge in [0.15, 0.2) is 0 Å². The highest BCUT2D eigenvalue weighted by Gasteiger charge is 2.29. The van der Waals surface area contributed by atoms with Crippen molar-refractivity contribution in [2.24, 2.45) is 0 Å². The molecule has 0 aliphatic heterocycles. The lowest BCUT2D eigenvalue weighted by molar-refractivity contribution is -0.141. The number of nitrogens with zero attached hydrogens (tertiary/aromatic N) is 1. The molecule has 0 bridgehead atoms. The summed E-state index contributed by atoms with van der Waals surface area (Å²) in [4.78, 5) is 29.3. The first kappa shape index (κ1) is 26.6. The van der Waals surface area contributed by atoms with E-state index in [1.54, 1.807) is 30.8 Å². The molecular formula is C28H31ClN2O3S. The molecule has 7 heteroatoms. The minimum absolute atomic E-state index is 0.0472. The van der Waals surface area contributed by atoms with Crippen LogP contribution in [0, 0.1) is 0 Å². The highest BCUT2D eigenvalue weighted by molar-refractivity contribution is 7.99. The number of carbonyl (C=O) groups is 2. The molecule has 3 aromatic carbocycles. The third-order valence-corrected chi connectivity index (χ3v) is 6.97. The normalized spacial score (nSPS) is 11.5. The Bertz CT molecular complexity index is 1090. The molecule has 0 aromatic heterocycles. The number of ether oxygens (including phenoxy) is 1. The Morgan fingerprint density at radius 2 is 1.71 bits per heavy atom. The van der Waals surface area contributed by atoms with Crippen molar-refractivity contribution in [1.29, 1.82) is 0 Å². The fourth-order valence-corrected chi connectivity index (χ4v) is 4.75. The number of thioether (sulfide) groups is 1. The smallest absolute Gasteiger partial charge is 0.242 e. The molecule has 0 saturated heterocycles. The van der Waals surface area contributed by atoms with Crippen molar-refractivity contribution in [3.05, 3.63) is 95.0 Å². The first-order valence-corrected chi connectivity index (χ1v) is 12.9. The van der Waals surface area contributed by atoms with Crippen LogP contribution in [0.1, 0.15) is 24.0 Å². The Balaban J connectivity index is 1.75. The third kappa shape index (κ3) is 8.34. The second-order valence-electron chi connectivity index (χ2n) is 8.10. The van der Waals surface area contributed by atoms with Crippen LogP contribution in [0.3, 0.4) is 0 Å². The van der Waals surface area contributed by atoms with Gasteiger partial charge in [-0.3, -0.25) is 9.59 Å². The molecule has 3 aromatic rings. The molecule has 0 saturated carbocycles. The van der Waals surface area contributed by atoms with Crippen LogP contribution in [0.4, 0.5) is 0 Å². The van der Waals surface area contributed by atoms with Gasteiger partial charge in [-0.2, -0.15) is 0 Å². The molecule has 1 atom stereocenters. The summed E-state index contributed by atoms with van der Waals surface area (Å²) in [7, 11) is 3.22. The number of hydrogen-bond donors (Lipinski definition) is 1. The summed E-state index contributed by atoms with van der Waals surface area (Å²) in [6.07, 6.45) is 1.50. The van der Waals surface area contributed by atoms with Crippen molar-refractivity contribution < 1.29 is 14.3 Å². The van der Waals surface area contributed by atoms with Crippen molar-refractivity contribution in [2.75, 3.05) is 19.9 Å². The van der Waals surface area contributed by atoms with E-state index < -0.39 is 6.04 Å². The van der Waals surface area contributed by atoms with Gasteiger partial charge in [0.2, 0.25) is 11.8 Å². The van der Waals surface area contributed by atoms with Crippen LogP contribution in [0.2, 0.25) is 5.02 Å². The van der Waals surface area contributed by atoms with Crippen LogP contribution < -0.4 is 10.1 Å². The van der Waals surface area contributed by atoms with Gasteiger partial charge in [0, 0.05) is 36.4 Å². The van der Waals surface area contributed by atoms with Crippen LogP contribution in [-0.2, 0) is 22.6 Å². The first-order valence-electron chi connectivity index (χ1n) is 11.6. The third-order valence-electron chi connectivity index (χ3n) is 5.62. The fraction of sp³-hybridized carbons (Fsp3) is 0.286. The van der Waals surface area contributed by atoms with E-state index in [0.717, 1.165) is 21.8 Å². The van der Waals surface area contributed by atoms with Gasteiger partial charge in [0.05, 0.1) is 7.11 Å². The monoisotopic (exact) mass is 510 g/mol. The summed E-state index contributed by atoms with van der Waals surface area (Å²) in [6.45, 7) is 0.325. The predicted octanol–water partition coefficient (Wildman–Crippen LogP) is 5.61. The van der Waals surface area contributed by atoms with E-state index in [1.807, 2.05) is 78.9 Å². The predicted molar refractivity (Wildman–Crippen MR) is 143 cm³/mol. The van der Waals surface area contributed by atoms with Crippen molar-refractivity contribution in [1.82, 2.24) is 10.2 Å². The molecule has 35 heavy (non-hydrogen) atoms. The highest BCUT2D eigenvalue weighted by atomic mass is 35.5. The Labute approximate surface area is 216 Å². The number of hydrogen-bond acceptors (Lipinski definition) is 4. The van der Waals surface area contributed by atoms with Crippen LogP contribution in [0.5, 0.6) is 5.75 Å². The number of methoxy groups -OCH3 is 1. The van der Waals surface area contributed by atoms with E-state index in [0.29, 0.717) is 36.6 Å². The van der Waals surface area contributed by atoms with E-state index in [-0.39, 0.29) is 11.8 Å². The molecule has 0 unspecified atom stereocenters. The number of halogens is 1. The van der Waals surface area contributed by atoms with E-state index in [2.05, 4.69) is 5.32 Å². The summed E-state index contributed by atoms with van der Waals surface area (Å²) < 4.78 is 5.36. The molecule has 2 amide bonds. The number of carbonyl (C=O) groups excluding carboxylic acids is 2. The lowest BCUT2D eigenvalue weighted by Gasteiger charge is -2.31. The largest absolute Gasteiger partial charge is 0.497 e. The minimum atomic E-state index is -0.620. The van der Waals surface area contributed by atoms with E-state index in [4.69, 9.17) is 16.3 Å². The van der Waals surface area contributed by atoms with Gasteiger partial charge in [0.1, 0.15) is 11.8 Å². The Hall–Kier alpha value is -2.96. The zero-order valence-corrected chi connectivity index (χ0v) is 21.6. The number of rotatable bonds is 12. The quantitative estimate of drug-likeness (QED) is 0.254. The summed E-state index contributed by atoms with van der Waals surface area (Å²) in [5.74, 6) is 1.28. The average Bonchev–Trinajstić information content (AvgIpc) is 2.89. The summed E-state index contributed by atoms with van der Waals surface area (Å²) >= 11 is 7.65. The average molecular weight is 511 g/mol.